The molecule has 3 aromatic rings. The van der Waals surface area contributed by atoms with Crippen LogP contribution in [0.5, 0.6) is 23.0 Å². The number of carbonyl (C=O) groups is 2. The molecule has 1 aromatic heterocycles. The zero-order chi connectivity index (χ0) is 19.6. The number of hydrogen-bond donors (Lipinski definition) is 0. The molecule has 0 saturated heterocycles. The zero-order valence-corrected chi connectivity index (χ0v) is 14.3. The van der Waals surface area contributed by atoms with Crippen LogP contribution >= 0.6 is 0 Å². The number of fused-ring (bicyclic) bond motifs is 1. The molecule has 0 radical (unpaired) electrons. The average molecular weight is 372 g/mol. The molecule has 0 unspecified atom stereocenters. The highest BCUT2D eigenvalue weighted by Gasteiger charge is 2.18. The van der Waals surface area contributed by atoms with Gasteiger partial charge in [-0.25, -0.2) is 4.39 Å². The van der Waals surface area contributed by atoms with Gasteiger partial charge in [0, 0.05) is 26.0 Å². The summed E-state index contributed by atoms with van der Waals surface area (Å²) in [6, 6.07) is 7.57. The zero-order valence-electron chi connectivity index (χ0n) is 14.3. The monoisotopic (exact) mass is 372 g/mol. The second-order valence-corrected chi connectivity index (χ2v) is 5.47. The van der Waals surface area contributed by atoms with E-state index in [-0.39, 0.29) is 34.0 Å². The lowest BCUT2D eigenvalue weighted by molar-refractivity contribution is -0.132. The highest BCUT2D eigenvalue weighted by atomic mass is 19.1. The summed E-state index contributed by atoms with van der Waals surface area (Å²) in [5.74, 6) is -1.81. The van der Waals surface area contributed by atoms with Crippen molar-refractivity contribution >= 4 is 22.9 Å². The molecule has 0 saturated carbocycles. The third kappa shape index (κ3) is 4.12. The molecule has 0 bridgehead atoms. The van der Waals surface area contributed by atoms with Gasteiger partial charge < -0.3 is 18.6 Å². The van der Waals surface area contributed by atoms with E-state index in [0.29, 0.717) is 0 Å². The molecular formula is C19H13FO7. The van der Waals surface area contributed by atoms with E-state index in [9.17, 15) is 18.8 Å². The largest absolute Gasteiger partial charge is 0.460 e. The number of rotatable bonds is 4. The Morgan fingerprint density at radius 1 is 0.926 bits per heavy atom. The molecule has 1 heterocycles. The minimum absolute atomic E-state index is 0.0291. The summed E-state index contributed by atoms with van der Waals surface area (Å²) in [6.45, 7) is 2.36. The highest BCUT2D eigenvalue weighted by molar-refractivity contribution is 5.89. The fourth-order valence-electron chi connectivity index (χ4n) is 2.34. The van der Waals surface area contributed by atoms with Crippen LogP contribution in [0, 0.1) is 5.82 Å². The summed E-state index contributed by atoms with van der Waals surface area (Å²) in [6.07, 6.45) is 1.06. The first-order valence-electron chi connectivity index (χ1n) is 7.73. The van der Waals surface area contributed by atoms with Crippen molar-refractivity contribution in [3.05, 3.63) is 58.7 Å². The van der Waals surface area contributed by atoms with Crippen molar-refractivity contribution in [2.45, 2.75) is 13.8 Å². The first-order valence-corrected chi connectivity index (χ1v) is 7.73. The van der Waals surface area contributed by atoms with Gasteiger partial charge in [-0.1, -0.05) is 0 Å². The number of halogens is 1. The summed E-state index contributed by atoms with van der Waals surface area (Å²) in [5, 5.41) is -0.0688. The molecule has 7 nitrogen and oxygen atoms in total. The van der Waals surface area contributed by atoms with Gasteiger partial charge in [0.1, 0.15) is 40.3 Å². The van der Waals surface area contributed by atoms with E-state index in [4.69, 9.17) is 18.6 Å². The second-order valence-electron chi connectivity index (χ2n) is 5.47. The van der Waals surface area contributed by atoms with Crippen LogP contribution in [0.4, 0.5) is 4.39 Å². The lowest BCUT2D eigenvalue weighted by atomic mass is 10.2. The summed E-state index contributed by atoms with van der Waals surface area (Å²) in [4.78, 5) is 35.3. The van der Waals surface area contributed by atoms with Crippen LogP contribution in [0.25, 0.3) is 11.0 Å². The molecule has 0 amide bonds. The number of carbonyl (C=O) groups excluding carboxylic acids is 2. The van der Waals surface area contributed by atoms with Crippen molar-refractivity contribution in [2.24, 2.45) is 0 Å². The molecule has 27 heavy (non-hydrogen) atoms. The molecule has 0 N–H and O–H groups in total. The van der Waals surface area contributed by atoms with E-state index in [0.717, 1.165) is 13.2 Å². The van der Waals surface area contributed by atoms with Crippen LogP contribution in [-0.2, 0) is 9.59 Å². The lowest BCUT2D eigenvalue weighted by Crippen LogP contribution is -2.10. The molecule has 0 aliphatic carbocycles. The van der Waals surface area contributed by atoms with Crippen LogP contribution in [0.1, 0.15) is 13.8 Å². The maximum atomic E-state index is 13.0. The number of esters is 2. The Bertz CT molecular complexity index is 1080. The van der Waals surface area contributed by atoms with Gasteiger partial charge in [-0.3, -0.25) is 14.4 Å². The Hall–Kier alpha value is -3.68. The minimum atomic E-state index is -0.680. The highest BCUT2D eigenvalue weighted by Crippen LogP contribution is 2.32. The molecule has 0 atom stereocenters. The first kappa shape index (κ1) is 18.1. The molecule has 8 heteroatoms. The fraction of sp³-hybridized carbons (Fsp3) is 0.105. The van der Waals surface area contributed by atoms with E-state index in [1.165, 1.54) is 43.3 Å². The molecule has 0 aliphatic rings. The third-order valence-corrected chi connectivity index (χ3v) is 3.34. The summed E-state index contributed by atoms with van der Waals surface area (Å²) >= 11 is 0. The van der Waals surface area contributed by atoms with Crippen LogP contribution in [0.15, 0.2) is 51.9 Å². The summed E-state index contributed by atoms with van der Waals surface area (Å²) < 4.78 is 33.8. The molecule has 0 fully saturated rings. The lowest BCUT2D eigenvalue weighted by Gasteiger charge is -2.10. The van der Waals surface area contributed by atoms with Gasteiger partial charge in [-0.15, -0.1) is 0 Å². The Morgan fingerprint density at radius 3 is 2.22 bits per heavy atom. The van der Waals surface area contributed by atoms with Gasteiger partial charge in [0.15, 0.2) is 0 Å². The van der Waals surface area contributed by atoms with Crippen molar-refractivity contribution in [3.8, 4) is 23.0 Å². The standard InChI is InChI=1S/C19H13FO7/c1-10(21)25-14-7-15-18(16(8-14)26-11(2)22)19(23)17(9-24-15)27-13-5-3-12(20)4-6-13/h3-9H,1-2H3. The van der Waals surface area contributed by atoms with Crippen LogP contribution in [0.3, 0.4) is 0 Å². The quantitative estimate of drug-likeness (QED) is 0.510. The Morgan fingerprint density at radius 2 is 1.59 bits per heavy atom. The van der Waals surface area contributed by atoms with Gasteiger partial charge in [0.2, 0.25) is 11.2 Å². The minimum Gasteiger partial charge on any atom is -0.460 e. The number of hydrogen-bond acceptors (Lipinski definition) is 7. The smallest absolute Gasteiger partial charge is 0.308 e. The Labute approximate surface area is 151 Å². The van der Waals surface area contributed by atoms with Crippen LogP contribution in [-0.4, -0.2) is 11.9 Å². The fourth-order valence-corrected chi connectivity index (χ4v) is 2.34. The van der Waals surface area contributed by atoms with E-state index in [1.807, 2.05) is 0 Å². The first-order chi connectivity index (χ1) is 12.8. The molecule has 3 rings (SSSR count). The molecular weight excluding hydrogens is 359 g/mol. The molecule has 0 spiro atoms. The van der Waals surface area contributed by atoms with Crippen molar-refractivity contribution in [2.75, 3.05) is 0 Å². The predicted octanol–water partition coefficient (Wildman–Crippen LogP) is 3.58. The van der Waals surface area contributed by atoms with E-state index >= 15 is 0 Å². The molecule has 0 aliphatic heterocycles. The summed E-state index contributed by atoms with van der Waals surface area (Å²) in [5.41, 5.74) is -0.590. The number of benzene rings is 2. The van der Waals surface area contributed by atoms with Crippen LogP contribution < -0.4 is 19.6 Å². The molecule has 138 valence electrons. The van der Waals surface area contributed by atoms with Crippen molar-refractivity contribution in [1.29, 1.82) is 0 Å². The van der Waals surface area contributed by atoms with Crippen LogP contribution in [0.2, 0.25) is 0 Å². The average Bonchev–Trinajstić information content (AvgIpc) is 2.58. The van der Waals surface area contributed by atoms with Crippen molar-refractivity contribution < 1.29 is 32.6 Å². The topological polar surface area (TPSA) is 92.0 Å². The van der Waals surface area contributed by atoms with E-state index in [2.05, 4.69) is 0 Å². The van der Waals surface area contributed by atoms with Gasteiger partial charge in [0.25, 0.3) is 0 Å². The van der Waals surface area contributed by atoms with Gasteiger partial charge in [-0.2, -0.15) is 0 Å². The SMILES string of the molecule is CC(=O)Oc1cc(OC(C)=O)c2c(=O)c(Oc3ccc(F)cc3)coc2c1. The molecule has 2 aromatic carbocycles. The Kier molecular flexibility index (Phi) is 4.89. The maximum absolute atomic E-state index is 13.0. The van der Waals surface area contributed by atoms with Gasteiger partial charge >= 0.3 is 11.9 Å². The second kappa shape index (κ2) is 7.28. The Balaban J connectivity index is 2.12. The van der Waals surface area contributed by atoms with Gasteiger partial charge in [0.05, 0.1) is 0 Å². The maximum Gasteiger partial charge on any atom is 0.308 e. The number of ether oxygens (including phenoxy) is 3. The van der Waals surface area contributed by atoms with Crippen molar-refractivity contribution in [1.82, 2.24) is 0 Å². The third-order valence-electron chi connectivity index (χ3n) is 3.34. The van der Waals surface area contributed by atoms with Crippen molar-refractivity contribution in [3.63, 3.8) is 0 Å². The summed E-state index contributed by atoms with van der Waals surface area (Å²) in [7, 11) is 0. The van der Waals surface area contributed by atoms with E-state index in [1.54, 1.807) is 0 Å². The normalized spacial score (nSPS) is 10.5. The van der Waals surface area contributed by atoms with E-state index < -0.39 is 23.2 Å². The van der Waals surface area contributed by atoms with Gasteiger partial charge in [-0.05, 0) is 24.3 Å². The predicted molar refractivity (Wildman–Crippen MR) is 91.6 cm³/mol.